The molecule has 0 radical (unpaired) electrons. The maximum absolute atomic E-state index is 13.1. The minimum absolute atomic E-state index is 0.156. The van der Waals surface area contributed by atoms with Gasteiger partial charge in [0.2, 0.25) is 0 Å². The van der Waals surface area contributed by atoms with Crippen molar-refractivity contribution < 1.29 is 43.9 Å². The number of hydrogen-bond donors (Lipinski definition) is 0. The van der Waals surface area contributed by atoms with Crippen LogP contribution >= 0.6 is 22.6 Å². The summed E-state index contributed by atoms with van der Waals surface area (Å²) in [5.74, 6) is -11.9. The van der Waals surface area contributed by atoms with E-state index < -0.39 is 39.2 Å². The van der Waals surface area contributed by atoms with Crippen LogP contribution in [0.15, 0.2) is 12.1 Å². The Kier molecular flexibility index (Phi) is 4.45. The zero-order valence-electron chi connectivity index (χ0n) is 9.26. The Balaban J connectivity index is 3.66. The lowest BCUT2D eigenvalue weighted by Gasteiger charge is -2.26. The van der Waals surface area contributed by atoms with Gasteiger partial charge in [-0.3, -0.25) is 0 Å². The van der Waals surface area contributed by atoms with Crippen LogP contribution in [0.25, 0.3) is 0 Å². The predicted octanol–water partition coefficient (Wildman–Crippen LogP) is 4.99. The van der Waals surface area contributed by atoms with Gasteiger partial charge in [0.05, 0.1) is 5.56 Å². The van der Waals surface area contributed by atoms with Gasteiger partial charge in [0.15, 0.2) is 0 Å². The van der Waals surface area contributed by atoms with Crippen LogP contribution in [0.4, 0.5) is 43.9 Å². The van der Waals surface area contributed by atoms with Crippen LogP contribution in [-0.4, -0.2) is 17.3 Å². The molecule has 1 aromatic heterocycles. The van der Waals surface area contributed by atoms with Crippen LogP contribution in [0, 0.1) is 3.70 Å². The van der Waals surface area contributed by atoms with Crippen molar-refractivity contribution in [2.45, 2.75) is 24.2 Å². The molecule has 0 aromatic carbocycles. The molecule has 0 saturated heterocycles. The predicted molar refractivity (Wildman–Crippen MR) is 56.9 cm³/mol. The molecule has 21 heavy (non-hydrogen) atoms. The quantitative estimate of drug-likeness (QED) is 0.358. The average molecular weight is 441 g/mol. The van der Waals surface area contributed by atoms with E-state index in [4.69, 9.17) is 0 Å². The number of pyridine rings is 1. The lowest BCUT2D eigenvalue weighted by atomic mass is 10.0. The first-order valence-electron chi connectivity index (χ1n) is 4.69. The summed E-state index contributed by atoms with van der Waals surface area (Å²) in [6, 6.07) is 0.308. The largest absolute Gasteiger partial charge is 0.459 e. The monoisotopic (exact) mass is 441 g/mol. The first-order valence-corrected chi connectivity index (χ1v) is 5.77. The molecule has 0 saturated carbocycles. The van der Waals surface area contributed by atoms with Gasteiger partial charge in [0.25, 0.3) is 0 Å². The molecule has 0 spiro atoms. The van der Waals surface area contributed by atoms with Crippen molar-refractivity contribution in [2.24, 2.45) is 0 Å². The van der Waals surface area contributed by atoms with Gasteiger partial charge in [-0.2, -0.15) is 43.9 Å². The molecule has 1 nitrogen and oxygen atoms in total. The van der Waals surface area contributed by atoms with Gasteiger partial charge in [-0.1, -0.05) is 0 Å². The van der Waals surface area contributed by atoms with Crippen LogP contribution in [0.5, 0.6) is 0 Å². The van der Waals surface area contributed by atoms with E-state index >= 15 is 0 Å². The highest BCUT2D eigenvalue weighted by Gasteiger charge is 2.66. The normalized spacial score (nSPS) is 14.4. The molecule has 0 aliphatic carbocycles. The second-order valence-corrected chi connectivity index (χ2v) is 4.78. The summed E-state index contributed by atoms with van der Waals surface area (Å²) in [6.45, 7) is 0. The van der Waals surface area contributed by atoms with E-state index in [-0.39, 0.29) is 6.07 Å². The third kappa shape index (κ3) is 3.18. The van der Waals surface area contributed by atoms with Crippen molar-refractivity contribution in [1.29, 1.82) is 0 Å². The van der Waals surface area contributed by atoms with Crippen molar-refractivity contribution in [2.75, 3.05) is 0 Å². The fourth-order valence-electron chi connectivity index (χ4n) is 1.21. The van der Waals surface area contributed by atoms with E-state index in [0.717, 1.165) is 22.6 Å². The summed E-state index contributed by atoms with van der Waals surface area (Å²) in [7, 11) is 0. The Morgan fingerprint density at radius 1 is 0.714 bits per heavy atom. The van der Waals surface area contributed by atoms with E-state index in [1.807, 2.05) is 0 Å². The molecule has 0 fully saturated rings. The van der Waals surface area contributed by atoms with Crippen LogP contribution < -0.4 is 0 Å². The maximum atomic E-state index is 13.1. The Morgan fingerprint density at radius 2 is 1.14 bits per heavy atom. The molecular weight excluding hydrogens is 439 g/mol. The molecule has 0 aliphatic heterocycles. The van der Waals surface area contributed by atoms with Crippen molar-refractivity contribution in [3.8, 4) is 0 Å². The Labute approximate surface area is 123 Å². The van der Waals surface area contributed by atoms with Crippen molar-refractivity contribution >= 4 is 22.6 Å². The van der Waals surface area contributed by atoms with Gasteiger partial charge in [-0.25, -0.2) is 4.98 Å². The summed E-state index contributed by atoms with van der Waals surface area (Å²) >= 11 is 1.10. The van der Waals surface area contributed by atoms with Crippen molar-refractivity contribution in [3.05, 3.63) is 27.1 Å². The first-order chi connectivity index (χ1) is 9.12. The molecule has 12 heteroatoms. The summed E-state index contributed by atoms with van der Waals surface area (Å²) in [5, 5.41) is 0. The highest BCUT2D eigenvalue weighted by atomic mass is 127. The highest BCUT2D eigenvalue weighted by Crippen LogP contribution is 2.51. The molecule has 120 valence electrons. The third-order valence-electron chi connectivity index (χ3n) is 2.21. The minimum Gasteiger partial charge on any atom is -0.240 e. The van der Waals surface area contributed by atoms with Crippen molar-refractivity contribution in [3.63, 3.8) is 0 Å². The first kappa shape index (κ1) is 18.2. The molecule has 1 aromatic rings. The molecule has 0 amide bonds. The topological polar surface area (TPSA) is 12.9 Å². The van der Waals surface area contributed by atoms with Crippen LogP contribution in [0.3, 0.4) is 0 Å². The molecule has 0 aliphatic rings. The standard InChI is InChI=1S/C9H2F10IN/c10-6(11,8(14,15)16)3-1-2-4(20)21-5(3)7(12,13)9(17,18)19/h1-2H. The number of hydrogen-bond acceptors (Lipinski definition) is 1. The molecule has 0 bridgehead atoms. The van der Waals surface area contributed by atoms with Crippen LogP contribution in [0.2, 0.25) is 0 Å². The lowest BCUT2D eigenvalue weighted by molar-refractivity contribution is -0.303. The van der Waals surface area contributed by atoms with E-state index in [1.54, 1.807) is 0 Å². The average Bonchev–Trinajstić information content (AvgIpc) is 2.25. The summed E-state index contributed by atoms with van der Waals surface area (Å²) in [6.07, 6.45) is -12.7. The van der Waals surface area contributed by atoms with E-state index in [9.17, 15) is 43.9 Å². The number of halogens is 11. The zero-order valence-corrected chi connectivity index (χ0v) is 11.4. The summed E-state index contributed by atoms with van der Waals surface area (Å²) in [4.78, 5) is 2.53. The van der Waals surface area contributed by atoms with Gasteiger partial charge in [-0.05, 0) is 34.7 Å². The van der Waals surface area contributed by atoms with Gasteiger partial charge >= 0.3 is 24.2 Å². The van der Waals surface area contributed by atoms with E-state index in [2.05, 4.69) is 4.98 Å². The van der Waals surface area contributed by atoms with Crippen LogP contribution in [-0.2, 0) is 11.8 Å². The Morgan fingerprint density at radius 3 is 1.52 bits per heavy atom. The Hall–Kier alpha value is -0.820. The van der Waals surface area contributed by atoms with Crippen LogP contribution in [0.1, 0.15) is 11.3 Å². The maximum Gasteiger partial charge on any atom is 0.459 e. The second kappa shape index (κ2) is 5.12. The van der Waals surface area contributed by atoms with Gasteiger partial charge in [0, 0.05) is 0 Å². The molecular formula is C9H2F10IN. The lowest BCUT2D eigenvalue weighted by Crippen LogP contribution is -2.41. The smallest absolute Gasteiger partial charge is 0.240 e. The van der Waals surface area contributed by atoms with Gasteiger partial charge in [-0.15, -0.1) is 0 Å². The summed E-state index contributed by atoms with van der Waals surface area (Å²) < 4.78 is 125. The fraction of sp³-hybridized carbons (Fsp3) is 0.444. The van der Waals surface area contributed by atoms with E-state index in [1.165, 1.54) is 0 Å². The molecule has 0 unspecified atom stereocenters. The third-order valence-corrected chi connectivity index (χ3v) is 2.81. The molecule has 1 rings (SSSR count). The fourth-order valence-corrected chi connectivity index (χ4v) is 1.64. The zero-order chi connectivity index (χ0) is 16.9. The van der Waals surface area contributed by atoms with Gasteiger partial charge < -0.3 is 0 Å². The van der Waals surface area contributed by atoms with E-state index in [0.29, 0.717) is 6.07 Å². The number of alkyl halides is 10. The number of aromatic nitrogens is 1. The highest BCUT2D eigenvalue weighted by molar-refractivity contribution is 14.1. The van der Waals surface area contributed by atoms with Crippen molar-refractivity contribution in [1.82, 2.24) is 4.98 Å². The number of nitrogens with zero attached hydrogens (tertiary/aromatic N) is 1. The SMILES string of the molecule is FC(F)(F)C(F)(F)c1ccc(I)nc1C(F)(F)C(F)(F)F. The summed E-state index contributed by atoms with van der Waals surface area (Å²) in [5.41, 5.74) is -5.22. The Bertz CT molecular complexity index is 532. The molecule has 1 heterocycles. The molecule has 0 N–H and O–H groups in total. The number of rotatable bonds is 2. The second-order valence-electron chi connectivity index (χ2n) is 3.67. The molecule has 0 atom stereocenters. The minimum atomic E-state index is -6.37. The van der Waals surface area contributed by atoms with Gasteiger partial charge in [0.1, 0.15) is 9.39 Å².